The molecule has 4 nitrogen and oxygen atoms in total. The largest absolute Gasteiger partial charge is 0.456 e. The summed E-state index contributed by atoms with van der Waals surface area (Å²) in [4.78, 5) is 15.1. The molecule has 0 atom stereocenters. The van der Waals surface area contributed by atoms with Crippen molar-refractivity contribution in [2.45, 2.75) is 0 Å². The molecule has 0 aliphatic heterocycles. The Labute approximate surface area is 302 Å². The van der Waals surface area contributed by atoms with Gasteiger partial charge in [-0.15, -0.1) is 11.3 Å². The Kier molecular flexibility index (Phi) is 6.39. The number of aromatic nitrogens is 3. The Morgan fingerprint density at radius 2 is 0.942 bits per heavy atom. The van der Waals surface area contributed by atoms with Gasteiger partial charge in [-0.1, -0.05) is 140 Å². The van der Waals surface area contributed by atoms with Gasteiger partial charge >= 0.3 is 0 Å². The smallest absolute Gasteiger partial charge is 0.164 e. The zero-order valence-corrected chi connectivity index (χ0v) is 28.6. The van der Waals surface area contributed by atoms with Crippen LogP contribution in [0.5, 0.6) is 0 Å². The minimum Gasteiger partial charge on any atom is -0.456 e. The van der Waals surface area contributed by atoms with Gasteiger partial charge in [-0.3, -0.25) is 0 Å². The molecule has 0 amide bonds. The van der Waals surface area contributed by atoms with Crippen LogP contribution >= 0.6 is 11.3 Å². The topological polar surface area (TPSA) is 51.8 Å². The molecule has 11 aromatic rings. The first-order chi connectivity index (χ1) is 25.7. The number of hydrogen-bond donors (Lipinski definition) is 0. The molecular formula is C47H27N3OS. The first-order valence-electron chi connectivity index (χ1n) is 17.3. The van der Waals surface area contributed by atoms with Gasteiger partial charge in [-0.05, 0) is 51.6 Å². The van der Waals surface area contributed by atoms with Crippen molar-refractivity contribution in [3.8, 4) is 45.3 Å². The maximum absolute atomic E-state index is 6.24. The summed E-state index contributed by atoms with van der Waals surface area (Å²) in [7, 11) is 0. The highest BCUT2D eigenvalue weighted by Gasteiger charge is 2.17. The van der Waals surface area contributed by atoms with Crippen LogP contribution in [0, 0.1) is 0 Å². The Bertz CT molecular complexity index is 3180. The van der Waals surface area contributed by atoms with Crippen molar-refractivity contribution in [1.29, 1.82) is 0 Å². The summed E-state index contributed by atoms with van der Waals surface area (Å²) >= 11 is 1.89. The fourth-order valence-corrected chi connectivity index (χ4v) is 9.01. The molecule has 0 N–H and O–H groups in total. The number of para-hydroxylation sites is 1. The highest BCUT2D eigenvalue weighted by atomic mass is 32.1. The van der Waals surface area contributed by atoms with Gasteiger partial charge in [0, 0.05) is 53.0 Å². The summed E-state index contributed by atoms with van der Waals surface area (Å²) in [5.74, 6) is 1.86. The molecule has 0 radical (unpaired) electrons. The molecule has 0 aliphatic rings. The van der Waals surface area contributed by atoms with Crippen molar-refractivity contribution in [1.82, 2.24) is 15.0 Å². The molecule has 3 heterocycles. The van der Waals surface area contributed by atoms with Crippen LogP contribution in [0.3, 0.4) is 0 Å². The molecule has 3 aromatic heterocycles. The molecule has 0 saturated heterocycles. The van der Waals surface area contributed by atoms with E-state index >= 15 is 0 Å². The molecule has 0 bridgehead atoms. The first-order valence-corrected chi connectivity index (χ1v) is 18.2. The summed E-state index contributed by atoms with van der Waals surface area (Å²) in [6.07, 6.45) is 0. The Morgan fingerprint density at radius 3 is 1.75 bits per heavy atom. The van der Waals surface area contributed by atoms with Gasteiger partial charge in [0.05, 0.1) is 0 Å². The number of furan rings is 1. The molecule has 52 heavy (non-hydrogen) atoms. The van der Waals surface area contributed by atoms with Gasteiger partial charge in [0.2, 0.25) is 0 Å². The Balaban J connectivity index is 1.09. The van der Waals surface area contributed by atoms with Crippen LogP contribution in [-0.4, -0.2) is 15.0 Å². The minimum absolute atomic E-state index is 0.603. The average molecular weight is 682 g/mol. The zero-order valence-electron chi connectivity index (χ0n) is 27.7. The average Bonchev–Trinajstić information content (AvgIpc) is 3.79. The molecule has 0 fully saturated rings. The Hall–Kier alpha value is -6.69. The Morgan fingerprint density at radius 1 is 0.365 bits per heavy atom. The SMILES string of the molecule is c1ccc(-c2nc(-c3ccc4c(ccc5ccc6c7cccc(-c8ccccc8)c7sc6c54)c3)nc(-c3ccc4c(c3)oc3ccccc34)n2)cc1. The number of rotatable bonds is 4. The first kappa shape index (κ1) is 29.1. The van der Waals surface area contributed by atoms with E-state index in [1.165, 1.54) is 47.5 Å². The van der Waals surface area contributed by atoms with E-state index in [2.05, 4.69) is 109 Å². The maximum Gasteiger partial charge on any atom is 0.164 e. The van der Waals surface area contributed by atoms with E-state index in [1.807, 2.05) is 65.9 Å². The summed E-state index contributed by atoms with van der Waals surface area (Å²) in [5, 5.41) is 9.62. The summed E-state index contributed by atoms with van der Waals surface area (Å²) in [5.41, 5.74) is 6.93. The zero-order chi connectivity index (χ0) is 34.2. The van der Waals surface area contributed by atoms with E-state index in [9.17, 15) is 0 Å². The second-order valence-electron chi connectivity index (χ2n) is 13.2. The van der Waals surface area contributed by atoms with Crippen molar-refractivity contribution >= 4 is 75.0 Å². The quantitative estimate of drug-likeness (QED) is 0.174. The number of hydrogen-bond acceptors (Lipinski definition) is 5. The lowest BCUT2D eigenvalue weighted by Crippen LogP contribution is -2.00. The fraction of sp³-hybridized carbons (Fsp3) is 0. The van der Waals surface area contributed by atoms with Crippen molar-refractivity contribution in [3.63, 3.8) is 0 Å². The van der Waals surface area contributed by atoms with Gasteiger partial charge in [-0.25, -0.2) is 15.0 Å². The van der Waals surface area contributed by atoms with Crippen LogP contribution in [0.15, 0.2) is 168 Å². The van der Waals surface area contributed by atoms with Crippen LogP contribution in [0.2, 0.25) is 0 Å². The highest BCUT2D eigenvalue weighted by Crippen LogP contribution is 2.45. The van der Waals surface area contributed by atoms with Crippen LogP contribution in [0.4, 0.5) is 0 Å². The van der Waals surface area contributed by atoms with Crippen molar-refractivity contribution in [2.75, 3.05) is 0 Å². The predicted molar refractivity (Wildman–Crippen MR) is 217 cm³/mol. The molecule has 0 spiro atoms. The molecule has 11 rings (SSSR count). The van der Waals surface area contributed by atoms with E-state index in [-0.39, 0.29) is 0 Å². The van der Waals surface area contributed by atoms with Gasteiger partial charge in [0.1, 0.15) is 11.2 Å². The number of benzene rings is 8. The van der Waals surface area contributed by atoms with Crippen molar-refractivity contribution in [3.05, 3.63) is 164 Å². The van der Waals surface area contributed by atoms with Gasteiger partial charge < -0.3 is 4.42 Å². The number of thiophene rings is 1. The number of nitrogens with zero attached hydrogens (tertiary/aromatic N) is 3. The fourth-order valence-electron chi connectivity index (χ4n) is 7.60. The monoisotopic (exact) mass is 681 g/mol. The third-order valence-electron chi connectivity index (χ3n) is 10.1. The van der Waals surface area contributed by atoms with Gasteiger partial charge in [-0.2, -0.15) is 0 Å². The molecule has 242 valence electrons. The van der Waals surface area contributed by atoms with Crippen LogP contribution < -0.4 is 0 Å². The van der Waals surface area contributed by atoms with E-state index in [0.29, 0.717) is 17.5 Å². The van der Waals surface area contributed by atoms with E-state index in [0.717, 1.165) is 44.0 Å². The van der Waals surface area contributed by atoms with E-state index in [4.69, 9.17) is 19.4 Å². The minimum atomic E-state index is 0.603. The molecular weight excluding hydrogens is 655 g/mol. The van der Waals surface area contributed by atoms with E-state index < -0.39 is 0 Å². The van der Waals surface area contributed by atoms with E-state index in [1.54, 1.807) is 0 Å². The van der Waals surface area contributed by atoms with Gasteiger partial charge in [0.25, 0.3) is 0 Å². The second-order valence-corrected chi connectivity index (χ2v) is 14.2. The molecule has 0 aliphatic carbocycles. The lowest BCUT2D eigenvalue weighted by molar-refractivity contribution is 0.669. The van der Waals surface area contributed by atoms with Crippen LogP contribution in [0.1, 0.15) is 0 Å². The standard InChI is InChI=1S/C47H27N3OS/c1-3-10-28(11-4-1)35-15-9-16-38-39-25-20-29-18-19-31-26-32(21-23-34(31)42(29)44(39)52-43(35)38)46-48-45(30-12-5-2-6-13-30)49-47(50-46)33-22-24-37-36-14-7-8-17-40(36)51-41(37)27-33/h1-27H. The van der Waals surface area contributed by atoms with Gasteiger partial charge in [0.15, 0.2) is 17.5 Å². The maximum atomic E-state index is 6.24. The third-order valence-corrected chi connectivity index (χ3v) is 11.4. The van der Waals surface area contributed by atoms with Crippen LogP contribution in [-0.2, 0) is 0 Å². The molecule has 0 unspecified atom stereocenters. The molecule has 0 saturated carbocycles. The lowest BCUT2D eigenvalue weighted by atomic mass is 9.97. The van der Waals surface area contributed by atoms with Crippen molar-refractivity contribution in [2.24, 2.45) is 0 Å². The van der Waals surface area contributed by atoms with Crippen molar-refractivity contribution < 1.29 is 4.42 Å². The summed E-state index contributed by atoms with van der Waals surface area (Å²) < 4.78 is 8.86. The normalized spacial score (nSPS) is 11.8. The summed E-state index contributed by atoms with van der Waals surface area (Å²) in [6, 6.07) is 57.4. The molecule has 5 heteroatoms. The molecule has 8 aromatic carbocycles. The van der Waals surface area contributed by atoms with Crippen LogP contribution in [0.25, 0.3) is 109 Å². The third kappa shape index (κ3) is 4.57. The second kappa shape index (κ2) is 11.4. The summed E-state index contributed by atoms with van der Waals surface area (Å²) in [6.45, 7) is 0. The lowest BCUT2D eigenvalue weighted by Gasteiger charge is -2.10. The highest BCUT2D eigenvalue weighted by molar-refractivity contribution is 7.27. The predicted octanol–water partition coefficient (Wildman–Crippen LogP) is 13.1. The number of fused-ring (bicyclic) bond motifs is 10.